The quantitative estimate of drug-likeness (QED) is 0.0911. The molecule has 2 aliphatic rings. The molecule has 2 amide bonds. The van der Waals surface area contributed by atoms with Crippen molar-refractivity contribution in [3.8, 4) is 0 Å². The van der Waals surface area contributed by atoms with Gasteiger partial charge in [-0.15, -0.1) is 35.3 Å². The fraction of sp³-hybridized carbons (Fsp3) is 0.600. The van der Waals surface area contributed by atoms with Crippen LogP contribution < -0.4 is 5.32 Å². The van der Waals surface area contributed by atoms with Gasteiger partial charge in [0.05, 0.1) is 32.3 Å². The van der Waals surface area contributed by atoms with E-state index >= 15 is 0 Å². The van der Waals surface area contributed by atoms with Gasteiger partial charge in [0.2, 0.25) is 0 Å². The zero-order valence-electron chi connectivity index (χ0n) is 26.7. The number of rotatable bonds is 19. The fourth-order valence-electron chi connectivity index (χ4n) is 6.14. The summed E-state index contributed by atoms with van der Waals surface area (Å²) in [5.41, 5.74) is 2.49. The maximum Gasteiger partial charge on any atom is 0.261 e. The number of methoxy groups -OCH3 is 1. The second-order valence-electron chi connectivity index (χ2n) is 12.3. The molecule has 1 N–H and O–H groups in total. The lowest BCUT2D eigenvalue weighted by atomic mass is 9.93. The van der Waals surface area contributed by atoms with E-state index < -0.39 is 4.93 Å². The molecule has 2 aromatic rings. The number of carbonyl (C=O) groups excluding carboxylic acids is 2. The third-order valence-electron chi connectivity index (χ3n) is 9.08. The van der Waals surface area contributed by atoms with E-state index in [1.807, 2.05) is 29.3 Å². The summed E-state index contributed by atoms with van der Waals surface area (Å²) >= 11 is 7.94. The molecule has 0 aromatic carbocycles. The van der Waals surface area contributed by atoms with E-state index in [2.05, 4.69) is 38.2 Å². The van der Waals surface area contributed by atoms with Crippen molar-refractivity contribution in [1.29, 1.82) is 0 Å². The number of fused-ring (bicyclic) bond motifs is 1. The smallest absolute Gasteiger partial charge is 0.261 e. The highest BCUT2D eigenvalue weighted by atomic mass is 32.1. The molecule has 4 heterocycles. The molecule has 43 heavy (non-hydrogen) atoms. The Bertz CT molecular complexity index is 1290. The van der Waals surface area contributed by atoms with E-state index in [1.54, 1.807) is 29.8 Å². The van der Waals surface area contributed by atoms with Crippen LogP contribution in [0.4, 0.5) is 0 Å². The molecule has 0 spiro atoms. The van der Waals surface area contributed by atoms with Crippen LogP contribution in [0, 0.1) is 5.92 Å². The van der Waals surface area contributed by atoms with Crippen LogP contribution in [0.15, 0.2) is 40.8 Å². The number of ether oxygens (including phenoxy) is 1. The monoisotopic (exact) mass is 642 g/mol. The van der Waals surface area contributed by atoms with Gasteiger partial charge in [0, 0.05) is 24.4 Å². The highest BCUT2D eigenvalue weighted by Crippen LogP contribution is 2.47. The van der Waals surface area contributed by atoms with Gasteiger partial charge >= 0.3 is 0 Å². The van der Waals surface area contributed by atoms with Crippen LogP contribution in [-0.4, -0.2) is 35.3 Å². The molecule has 5 nitrogen and oxygen atoms in total. The average molecular weight is 643 g/mol. The molecule has 2 aromatic heterocycles. The standard InChI is InChI=1S/C35H50N2O3S3/c1-6-8-10-12-13-15-18-25(17-14-11-9-7-2)23-37-32(28-21-20-26(43-28)24(3)35(4,41)40-5)30-29(34(37)39)31(36-33(30)38)27-19-16-22-42-27/h16,19-22,24-25,41H,6-15,17-18,23H2,1-5H3,(H,36,38)/t24-,25?,35?/m0/s1. The molecule has 0 saturated carbocycles. The summed E-state index contributed by atoms with van der Waals surface area (Å²) in [5.74, 6) is 0.206. The van der Waals surface area contributed by atoms with Gasteiger partial charge in [-0.25, -0.2) is 0 Å². The highest BCUT2D eigenvalue weighted by Gasteiger charge is 2.46. The molecular formula is C35H50N2O3S3. The van der Waals surface area contributed by atoms with Crippen molar-refractivity contribution in [2.45, 2.75) is 116 Å². The van der Waals surface area contributed by atoms with Crippen molar-refractivity contribution in [2.24, 2.45) is 5.92 Å². The van der Waals surface area contributed by atoms with Gasteiger partial charge in [-0.05, 0) is 49.3 Å². The Kier molecular flexibility index (Phi) is 12.6. The topological polar surface area (TPSA) is 58.6 Å². The second kappa shape index (κ2) is 15.9. The lowest BCUT2D eigenvalue weighted by Gasteiger charge is -2.28. The van der Waals surface area contributed by atoms with Crippen molar-refractivity contribution in [1.82, 2.24) is 10.2 Å². The molecule has 0 saturated heterocycles. The zero-order chi connectivity index (χ0) is 31.0. The van der Waals surface area contributed by atoms with Gasteiger partial charge in [-0.3, -0.25) is 9.59 Å². The molecule has 0 aliphatic carbocycles. The Labute approximate surface area is 272 Å². The first-order valence-corrected chi connectivity index (χ1v) is 18.4. The van der Waals surface area contributed by atoms with Crippen LogP contribution in [0.3, 0.4) is 0 Å². The number of nitrogens with one attached hydrogen (secondary N) is 1. The number of hydrogen-bond acceptors (Lipinski definition) is 6. The molecule has 0 radical (unpaired) electrons. The van der Waals surface area contributed by atoms with Crippen molar-refractivity contribution in [3.05, 3.63) is 55.4 Å². The first-order valence-electron chi connectivity index (χ1n) is 16.3. The van der Waals surface area contributed by atoms with E-state index in [0.29, 0.717) is 29.3 Å². The SMILES string of the molecule is CCCCCCCCC(CCCCCC)CN1C(=O)C2=C(c3cccs3)NC(=O)C2=C1c1ccc([C@H](C)C(C)(S)OC)s1. The Balaban J connectivity index is 1.68. The van der Waals surface area contributed by atoms with E-state index in [4.69, 9.17) is 17.4 Å². The summed E-state index contributed by atoms with van der Waals surface area (Å²) in [4.78, 5) is 32.2. The lowest BCUT2D eigenvalue weighted by Crippen LogP contribution is -2.32. The van der Waals surface area contributed by atoms with Crippen LogP contribution in [0.2, 0.25) is 0 Å². The van der Waals surface area contributed by atoms with Gasteiger partial charge in [0.1, 0.15) is 4.93 Å². The molecule has 2 aliphatic heterocycles. The number of thiol groups is 1. The van der Waals surface area contributed by atoms with Crippen LogP contribution >= 0.6 is 35.3 Å². The lowest BCUT2D eigenvalue weighted by molar-refractivity contribution is -0.123. The maximum atomic E-state index is 14.3. The first kappa shape index (κ1) is 34.0. The number of nitrogens with zero attached hydrogens (tertiary/aromatic N) is 1. The highest BCUT2D eigenvalue weighted by molar-refractivity contribution is 7.81. The van der Waals surface area contributed by atoms with Gasteiger partial charge in [-0.2, -0.15) is 0 Å². The maximum absolute atomic E-state index is 14.3. The number of amides is 2. The molecule has 8 heteroatoms. The molecule has 4 rings (SSSR count). The Morgan fingerprint density at radius 3 is 2.21 bits per heavy atom. The molecule has 236 valence electrons. The third-order valence-corrected chi connectivity index (χ3v) is 11.8. The summed E-state index contributed by atoms with van der Waals surface area (Å²) in [5, 5.41) is 5.04. The third kappa shape index (κ3) is 8.05. The van der Waals surface area contributed by atoms with Gasteiger partial charge < -0.3 is 15.0 Å². The van der Waals surface area contributed by atoms with Crippen molar-refractivity contribution >= 4 is 58.5 Å². The molecule has 3 atom stereocenters. The Hall–Kier alpha value is -1.87. The van der Waals surface area contributed by atoms with Crippen LogP contribution in [0.5, 0.6) is 0 Å². The average Bonchev–Trinajstić information content (AvgIpc) is 3.80. The minimum atomic E-state index is -0.631. The number of unbranched alkanes of at least 4 members (excludes halogenated alkanes) is 8. The summed E-state index contributed by atoms with van der Waals surface area (Å²) in [7, 11) is 1.68. The minimum absolute atomic E-state index is 0.0313. The Morgan fingerprint density at radius 2 is 1.58 bits per heavy atom. The summed E-state index contributed by atoms with van der Waals surface area (Å²) in [6.07, 6.45) is 14.7. The number of carbonyl (C=O) groups is 2. The second-order valence-corrected chi connectivity index (χ2v) is 15.2. The van der Waals surface area contributed by atoms with E-state index in [-0.39, 0.29) is 17.7 Å². The van der Waals surface area contributed by atoms with Crippen LogP contribution in [0.25, 0.3) is 11.4 Å². The summed E-state index contributed by atoms with van der Waals surface area (Å²) < 4.78 is 5.67. The number of hydrogen-bond donors (Lipinski definition) is 2. The van der Waals surface area contributed by atoms with E-state index in [1.165, 1.54) is 64.2 Å². The predicted molar refractivity (Wildman–Crippen MR) is 185 cm³/mol. The molecule has 2 unspecified atom stereocenters. The first-order chi connectivity index (χ1) is 20.7. The normalized spacial score (nSPS) is 18.0. The van der Waals surface area contributed by atoms with Gasteiger partial charge in [0.15, 0.2) is 0 Å². The van der Waals surface area contributed by atoms with Crippen LogP contribution in [-0.2, 0) is 14.3 Å². The fourth-order valence-corrected chi connectivity index (χ4v) is 8.33. The van der Waals surface area contributed by atoms with Crippen molar-refractivity contribution in [2.75, 3.05) is 13.7 Å². The minimum Gasteiger partial charge on any atom is -0.367 e. The summed E-state index contributed by atoms with van der Waals surface area (Å²) in [6.45, 7) is 9.23. The molecule has 0 fully saturated rings. The molecule has 0 bridgehead atoms. The van der Waals surface area contributed by atoms with Crippen molar-refractivity contribution in [3.63, 3.8) is 0 Å². The van der Waals surface area contributed by atoms with Crippen LogP contribution in [0.1, 0.15) is 125 Å². The van der Waals surface area contributed by atoms with Gasteiger partial charge in [0.25, 0.3) is 11.8 Å². The summed E-state index contributed by atoms with van der Waals surface area (Å²) in [6, 6.07) is 8.11. The molecular weight excluding hydrogens is 593 g/mol. The zero-order valence-corrected chi connectivity index (χ0v) is 29.2. The van der Waals surface area contributed by atoms with Gasteiger partial charge in [-0.1, -0.05) is 91.0 Å². The van der Waals surface area contributed by atoms with E-state index in [0.717, 1.165) is 33.2 Å². The Morgan fingerprint density at radius 1 is 0.930 bits per heavy atom. The van der Waals surface area contributed by atoms with Crippen molar-refractivity contribution < 1.29 is 14.3 Å². The predicted octanol–water partition coefficient (Wildman–Crippen LogP) is 9.64. The van der Waals surface area contributed by atoms with E-state index in [9.17, 15) is 9.59 Å². The largest absolute Gasteiger partial charge is 0.367 e. The number of thiophene rings is 2.